The molecule has 0 aromatic rings. The van der Waals surface area contributed by atoms with Crippen LogP contribution in [0, 0.1) is 28.1 Å². The first-order valence-electron chi connectivity index (χ1n) is 9.60. The number of aliphatic hydroxyl groups excluding tert-OH is 2. The van der Waals surface area contributed by atoms with Crippen LogP contribution < -0.4 is 0 Å². The molecule has 136 valence electrons. The number of aliphatic hydroxyl groups is 2. The van der Waals surface area contributed by atoms with E-state index in [1.54, 1.807) is 0 Å². The lowest BCUT2D eigenvalue weighted by atomic mass is 9.42. The van der Waals surface area contributed by atoms with Gasteiger partial charge in [0.15, 0.2) is 0 Å². The van der Waals surface area contributed by atoms with Crippen molar-refractivity contribution in [2.24, 2.45) is 28.1 Å². The van der Waals surface area contributed by atoms with Crippen LogP contribution in [0.3, 0.4) is 0 Å². The van der Waals surface area contributed by atoms with E-state index in [0.717, 1.165) is 32.1 Å². The first-order chi connectivity index (χ1) is 11.1. The Morgan fingerprint density at radius 3 is 2.50 bits per heavy atom. The molecule has 7 atom stereocenters. The Kier molecular flexibility index (Phi) is 3.42. The molecule has 7 unspecified atom stereocenters. The molecule has 0 amide bonds. The van der Waals surface area contributed by atoms with Crippen molar-refractivity contribution in [2.45, 2.75) is 84.0 Å². The minimum absolute atomic E-state index is 0.0217. The van der Waals surface area contributed by atoms with Gasteiger partial charge in [-0.2, -0.15) is 0 Å². The smallest absolute Gasteiger partial charge is 0.138 e. The third-order valence-electron chi connectivity index (χ3n) is 8.74. The summed E-state index contributed by atoms with van der Waals surface area (Å²) in [5.74, 6) is 1.02. The number of hydrogen-bond donors (Lipinski definition) is 2. The molecule has 4 fully saturated rings. The second kappa shape index (κ2) is 4.83. The predicted molar refractivity (Wildman–Crippen MR) is 90.4 cm³/mol. The second-order valence-electron chi connectivity index (χ2n) is 10.1. The van der Waals surface area contributed by atoms with E-state index in [9.17, 15) is 15.0 Å². The van der Waals surface area contributed by atoms with Crippen molar-refractivity contribution < 1.29 is 19.7 Å². The molecule has 24 heavy (non-hydrogen) atoms. The Morgan fingerprint density at radius 1 is 1.12 bits per heavy atom. The highest BCUT2D eigenvalue weighted by Crippen LogP contribution is 2.69. The minimum Gasteiger partial charge on any atom is -0.394 e. The average Bonchev–Trinajstić information content (AvgIpc) is 2.76. The fourth-order valence-corrected chi connectivity index (χ4v) is 7.29. The monoisotopic (exact) mass is 336 g/mol. The summed E-state index contributed by atoms with van der Waals surface area (Å²) in [5, 5.41) is 20.7. The van der Waals surface area contributed by atoms with Crippen LogP contribution in [-0.2, 0) is 9.53 Å². The highest BCUT2D eigenvalue weighted by Gasteiger charge is 2.70. The number of fused-ring (bicyclic) bond motifs is 3. The zero-order valence-electron chi connectivity index (χ0n) is 15.5. The van der Waals surface area contributed by atoms with Crippen LogP contribution >= 0.6 is 0 Å². The lowest BCUT2D eigenvalue weighted by molar-refractivity contribution is -0.201. The predicted octanol–water partition coefficient (Wildman–Crippen LogP) is 2.70. The standard InChI is InChI=1S/C20H32O4/c1-17(2)12-5-8-20-11-19(4,16(10-21)24-20)15(23)9-13(20)18(12,3)7-6-14(17)22/h12-13,15-16,21,23H,5-11H2,1-4H3. The molecule has 0 aromatic heterocycles. The van der Waals surface area contributed by atoms with Gasteiger partial charge in [0, 0.05) is 17.3 Å². The maximum atomic E-state index is 12.5. The van der Waals surface area contributed by atoms with Gasteiger partial charge < -0.3 is 14.9 Å². The molecule has 0 radical (unpaired) electrons. The van der Waals surface area contributed by atoms with Crippen LogP contribution in [-0.4, -0.2) is 40.4 Å². The summed E-state index contributed by atoms with van der Waals surface area (Å²) in [6, 6.07) is 0. The summed E-state index contributed by atoms with van der Waals surface area (Å²) < 4.78 is 6.51. The minimum atomic E-state index is -0.438. The molecule has 4 rings (SSSR count). The highest BCUT2D eigenvalue weighted by atomic mass is 16.5. The number of ketones is 1. The molecule has 1 saturated heterocycles. The number of Topliss-reactive ketones (excluding diaryl/α,β-unsaturated/α-hetero) is 1. The van der Waals surface area contributed by atoms with Crippen LogP contribution in [0.15, 0.2) is 0 Å². The Hall–Kier alpha value is -0.450. The molecule has 0 aromatic carbocycles. The summed E-state index contributed by atoms with van der Waals surface area (Å²) >= 11 is 0. The fourth-order valence-electron chi connectivity index (χ4n) is 7.29. The van der Waals surface area contributed by atoms with Gasteiger partial charge in [-0.05, 0) is 49.4 Å². The number of carbonyl (C=O) groups is 1. The lowest BCUT2D eigenvalue weighted by Crippen LogP contribution is -2.63. The maximum absolute atomic E-state index is 12.5. The van der Waals surface area contributed by atoms with Gasteiger partial charge >= 0.3 is 0 Å². The number of rotatable bonds is 1. The number of ether oxygens (including phenoxy) is 1. The van der Waals surface area contributed by atoms with E-state index in [1.165, 1.54) is 0 Å². The van der Waals surface area contributed by atoms with Gasteiger partial charge in [0.05, 0.1) is 24.4 Å². The SMILES string of the molecule is CC1(C)C(=O)CCC2(C)C3CC(O)C4(C)CC3(CCC12)OC4CO. The van der Waals surface area contributed by atoms with Gasteiger partial charge in [0.25, 0.3) is 0 Å². The molecular weight excluding hydrogens is 304 g/mol. The first-order valence-corrected chi connectivity index (χ1v) is 9.60. The zero-order chi connectivity index (χ0) is 17.5. The highest BCUT2D eigenvalue weighted by molar-refractivity contribution is 5.85. The van der Waals surface area contributed by atoms with Crippen LogP contribution in [0.5, 0.6) is 0 Å². The quantitative estimate of drug-likeness (QED) is 0.773. The normalized spacial score (nSPS) is 55.8. The van der Waals surface area contributed by atoms with E-state index in [-0.39, 0.29) is 40.5 Å². The van der Waals surface area contributed by atoms with Gasteiger partial charge in [0.1, 0.15) is 5.78 Å². The molecular formula is C20H32O4. The Bertz CT molecular complexity index is 572. The fraction of sp³-hybridized carbons (Fsp3) is 0.950. The van der Waals surface area contributed by atoms with Gasteiger partial charge in [-0.1, -0.05) is 27.7 Å². The third kappa shape index (κ3) is 1.83. The summed E-state index contributed by atoms with van der Waals surface area (Å²) in [6.07, 6.45) is 4.39. The first kappa shape index (κ1) is 17.0. The molecule has 1 heterocycles. The van der Waals surface area contributed by atoms with E-state index >= 15 is 0 Å². The van der Waals surface area contributed by atoms with E-state index in [2.05, 4.69) is 27.7 Å². The van der Waals surface area contributed by atoms with Crippen LogP contribution in [0.1, 0.15) is 66.2 Å². The molecule has 1 spiro atoms. The summed E-state index contributed by atoms with van der Waals surface area (Å²) in [5.41, 5.74) is -0.810. The van der Waals surface area contributed by atoms with Gasteiger partial charge in [0.2, 0.25) is 0 Å². The topological polar surface area (TPSA) is 66.8 Å². The van der Waals surface area contributed by atoms with E-state index < -0.39 is 6.10 Å². The Labute approximate surface area is 145 Å². The van der Waals surface area contributed by atoms with Crippen molar-refractivity contribution in [1.82, 2.24) is 0 Å². The van der Waals surface area contributed by atoms with Crippen molar-refractivity contribution in [3.63, 3.8) is 0 Å². The van der Waals surface area contributed by atoms with E-state index in [0.29, 0.717) is 18.1 Å². The maximum Gasteiger partial charge on any atom is 0.138 e. The second-order valence-corrected chi connectivity index (χ2v) is 10.1. The van der Waals surface area contributed by atoms with Crippen molar-refractivity contribution in [3.8, 4) is 0 Å². The number of carbonyl (C=O) groups excluding carboxylic acids is 1. The summed E-state index contributed by atoms with van der Waals surface area (Å²) in [6.45, 7) is 8.62. The molecule has 2 bridgehead atoms. The average molecular weight is 336 g/mol. The van der Waals surface area contributed by atoms with Gasteiger partial charge in [-0.25, -0.2) is 0 Å². The van der Waals surface area contributed by atoms with E-state index in [4.69, 9.17) is 4.74 Å². The van der Waals surface area contributed by atoms with Crippen molar-refractivity contribution in [3.05, 3.63) is 0 Å². The number of hydrogen-bond acceptors (Lipinski definition) is 4. The molecule has 4 heteroatoms. The Morgan fingerprint density at radius 2 is 1.83 bits per heavy atom. The van der Waals surface area contributed by atoms with Crippen molar-refractivity contribution in [2.75, 3.05) is 6.61 Å². The van der Waals surface area contributed by atoms with Crippen LogP contribution in [0.25, 0.3) is 0 Å². The lowest BCUT2D eigenvalue weighted by Gasteiger charge is -2.63. The largest absolute Gasteiger partial charge is 0.394 e. The van der Waals surface area contributed by atoms with Crippen molar-refractivity contribution in [1.29, 1.82) is 0 Å². The van der Waals surface area contributed by atoms with Gasteiger partial charge in [-0.3, -0.25) is 4.79 Å². The van der Waals surface area contributed by atoms with Crippen molar-refractivity contribution >= 4 is 5.78 Å². The molecule has 3 saturated carbocycles. The molecule has 2 N–H and O–H groups in total. The summed E-state index contributed by atoms with van der Waals surface area (Å²) in [4.78, 5) is 12.5. The van der Waals surface area contributed by atoms with Gasteiger partial charge in [-0.15, -0.1) is 0 Å². The Balaban J connectivity index is 1.76. The molecule has 3 aliphatic carbocycles. The zero-order valence-corrected chi connectivity index (χ0v) is 15.5. The van der Waals surface area contributed by atoms with E-state index in [1.807, 2.05) is 0 Å². The summed E-state index contributed by atoms with van der Waals surface area (Å²) in [7, 11) is 0. The van der Waals surface area contributed by atoms with Crippen LogP contribution in [0.2, 0.25) is 0 Å². The van der Waals surface area contributed by atoms with Crippen LogP contribution in [0.4, 0.5) is 0 Å². The molecule has 4 aliphatic rings. The molecule has 1 aliphatic heterocycles. The molecule has 4 nitrogen and oxygen atoms in total. The third-order valence-corrected chi connectivity index (χ3v) is 8.74.